The number of carbonyl (C=O) groups is 1. The minimum absolute atomic E-state index is 0.133. The zero-order chi connectivity index (χ0) is 20.9. The van der Waals surface area contributed by atoms with Gasteiger partial charge >= 0.3 is 0 Å². The lowest BCUT2D eigenvalue weighted by Crippen LogP contribution is -2.14. The third-order valence-electron chi connectivity index (χ3n) is 3.73. The number of rotatable bonds is 8. The Hall–Kier alpha value is -2.92. The Morgan fingerprint density at radius 2 is 1.90 bits per heavy atom. The highest BCUT2D eigenvalue weighted by molar-refractivity contribution is 7.99. The highest BCUT2D eigenvalue weighted by Gasteiger charge is 2.15. The fourth-order valence-electron chi connectivity index (χ4n) is 2.52. The Balaban J connectivity index is 1.69. The molecule has 2 heterocycles. The molecule has 3 aromatic rings. The number of benzene rings is 1. The molecule has 0 bridgehead atoms. The summed E-state index contributed by atoms with van der Waals surface area (Å²) in [5.74, 6) is 0.886. The summed E-state index contributed by atoms with van der Waals surface area (Å²) >= 11 is 1.29. The molecule has 9 nitrogen and oxygen atoms in total. The van der Waals surface area contributed by atoms with Crippen molar-refractivity contribution in [2.45, 2.75) is 18.6 Å². The average Bonchev–Trinajstić information content (AvgIpc) is 3.09. The molecular formula is C18H20N6O3S2. The molecule has 152 valence electrons. The number of nitrogens with zero attached hydrogens (tertiary/aromatic N) is 4. The second-order valence-electron chi connectivity index (χ2n) is 6.06. The highest BCUT2D eigenvalue weighted by atomic mass is 32.2. The van der Waals surface area contributed by atoms with Crippen LogP contribution in [0.15, 0.2) is 53.8 Å². The largest absolute Gasteiger partial charge is 0.325 e. The summed E-state index contributed by atoms with van der Waals surface area (Å²) in [5, 5.41) is 11.8. The number of thioether (sulfide) groups is 1. The van der Waals surface area contributed by atoms with Crippen LogP contribution in [0.3, 0.4) is 0 Å². The minimum atomic E-state index is -3.39. The number of anilines is 2. The monoisotopic (exact) mass is 432 g/mol. The lowest BCUT2D eigenvalue weighted by Gasteiger charge is -2.08. The number of aromatic nitrogens is 4. The molecule has 11 heteroatoms. The van der Waals surface area contributed by atoms with Crippen molar-refractivity contribution in [3.63, 3.8) is 0 Å². The first kappa shape index (κ1) is 20.8. The standard InChI is InChI=1S/C18H20N6O3S2/c1-3-24-17(13-9-10-15(19-11-13)23-29(2,26)27)21-22-18(24)28-12-16(25)20-14-7-5-4-6-8-14/h4-11H,3,12H2,1-2H3,(H,19,23)(H,20,25). The van der Waals surface area contributed by atoms with Crippen molar-refractivity contribution in [3.05, 3.63) is 48.7 Å². The molecular weight excluding hydrogens is 412 g/mol. The number of para-hydroxylation sites is 1. The zero-order valence-corrected chi connectivity index (χ0v) is 17.5. The summed E-state index contributed by atoms with van der Waals surface area (Å²) in [5.41, 5.74) is 1.43. The van der Waals surface area contributed by atoms with Crippen molar-refractivity contribution in [3.8, 4) is 11.4 Å². The van der Waals surface area contributed by atoms with E-state index in [9.17, 15) is 13.2 Å². The van der Waals surface area contributed by atoms with E-state index in [4.69, 9.17) is 0 Å². The fraction of sp³-hybridized carbons (Fsp3) is 0.222. The maximum atomic E-state index is 12.2. The van der Waals surface area contributed by atoms with Crippen LogP contribution in [-0.4, -0.2) is 46.1 Å². The second kappa shape index (κ2) is 9.05. The summed E-state index contributed by atoms with van der Waals surface area (Å²) in [4.78, 5) is 16.3. The Morgan fingerprint density at radius 3 is 2.52 bits per heavy atom. The molecule has 0 aliphatic carbocycles. The van der Waals surface area contributed by atoms with Gasteiger partial charge in [0.1, 0.15) is 5.82 Å². The molecule has 0 aliphatic rings. The van der Waals surface area contributed by atoms with Crippen LogP contribution in [0.1, 0.15) is 6.92 Å². The van der Waals surface area contributed by atoms with Gasteiger partial charge in [0.2, 0.25) is 15.9 Å². The predicted molar refractivity (Wildman–Crippen MR) is 113 cm³/mol. The zero-order valence-electron chi connectivity index (χ0n) is 15.9. The minimum Gasteiger partial charge on any atom is -0.325 e. The third kappa shape index (κ3) is 5.78. The summed E-state index contributed by atoms with van der Waals surface area (Å²) in [6, 6.07) is 12.5. The quantitative estimate of drug-likeness (QED) is 0.525. The van der Waals surface area contributed by atoms with E-state index in [1.807, 2.05) is 41.8 Å². The number of carbonyl (C=O) groups excluding carboxylic acids is 1. The smallest absolute Gasteiger partial charge is 0.234 e. The van der Waals surface area contributed by atoms with E-state index in [1.54, 1.807) is 12.1 Å². The maximum Gasteiger partial charge on any atom is 0.234 e. The molecule has 3 rings (SSSR count). The van der Waals surface area contributed by atoms with Crippen LogP contribution in [-0.2, 0) is 21.4 Å². The molecule has 0 saturated carbocycles. The van der Waals surface area contributed by atoms with E-state index in [0.717, 1.165) is 11.9 Å². The SMILES string of the molecule is CCn1c(SCC(=O)Nc2ccccc2)nnc1-c1ccc(NS(C)(=O)=O)nc1. The van der Waals surface area contributed by atoms with Gasteiger partial charge in [-0.25, -0.2) is 13.4 Å². The molecule has 0 aliphatic heterocycles. The third-order valence-corrected chi connectivity index (χ3v) is 5.28. The van der Waals surface area contributed by atoms with Crippen molar-refractivity contribution >= 4 is 39.2 Å². The number of amides is 1. The summed E-state index contributed by atoms with van der Waals surface area (Å²) < 4.78 is 26.8. The second-order valence-corrected chi connectivity index (χ2v) is 8.75. The number of pyridine rings is 1. The van der Waals surface area contributed by atoms with E-state index in [0.29, 0.717) is 23.1 Å². The molecule has 1 aromatic carbocycles. The van der Waals surface area contributed by atoms with E-state index in [1.165, 1.54) is 18.0 Å². The Morgan fingerprint density at radius 1 is 1.14 bits per heavy atom. The maximum absolute atomic E-state index is 12.2. The molecule has 1 amide bonds. The lowest BCUT2D eigenvalue weighted by molar-refractivity contribution is -0.113. The fourth-order valence-corrected chi connectivity index (χ4v) is 3.82. The molecule has 0 saturated heterocycles. The topological polar surface area (TPSA) is 119 Å². The number of hydrogen-bond donors (Lipinski definition) is 2. The molecule has 0 radical (unpaired) electrons. The normalized spacial score (nSPS) is 11.2. The first-order chi connectivity index (χ1) is 13.9. The molecule has 0 atom stereocenters. The van der Waals surface area contributed by atoms with Crippen molar-refractivity contribution in [2.75, 3.05) is 22.0 Å². The summed E-state index contributed by atoms with van der Waals surface area (Å²) in [7, 11) is -3.39. The van der Waals surface area contributed by atoms with E-state index in [-0.39, 0.29) is 17.5 Å². The lowest BCUT2D eigenvalue weighted by atomic mass is 10.2. The number of nitrogens with one attached hydrogen (secondary N) is 2. The van der Waals surface area contributed by atoms with Gasteiger partial charge in [-0.1, -0.05) is 30.0 Å². The number of sulfonamides is 1. The van der Waals surface area contributed by atoms with Gasteiger partial charge < -0.3 is 9.88 Å². The van der Waals surface area contributed by atoms with Gasteiger partial charge in [-0.05, 0) is 31.2 Å². The molecule has 2 aromatic heterocycles. The van der Waals surface area contributed by atoms with E-state index in [2.05, 4.69) is 25.2 Å². The summed E-state index contributed by atoms with van der Waals surface area (Å²) in [6.45, 7) is 2.56. The first-order valence-electron chi connectivity index (χ1n) is 8.71. The van der Waals surface area contributed by atoms with Crippen LogP contribution in [0.2, 0.25) is 0 Å². The molecule has 0 unspecified atom stereocenters. The van der Waals surface area contributed by atoms with Crippen molar-refractivity contribution in [1.29, 1.82) is 0 Å². The van der Waals surface area contributed by atoms with Crippen LogP contribution in [0.4, 0.5) is 11.5 Å². The van der Waals surface area contributed by atoms with Gasteiger partial charge in [-0.15, -0.1) is 10.2 Å². The van der Waals surface area contributed by atoms with Crippen LogP contribution in [0, 0.1) is 0 Å². The van der Waals surface area contributed by atoms with Gasteiger partial charge in [0.05, 0.1) is 12.0 Å². The van der Waals surface area contributed by atoms with Gasteiger partial charge in [0.15, 0.2) is 11.0 Å². The highest BCUT2D eigenvalue weighted by Crippen LogP contribution is 2.24. The molecule has 29 heavy (non-hydrogen) atoms. The van der Waals surface area contributed by atoms with Crippen LogP contribution in [0.5, 0.6) is 0 Å². The van der Waals surface area contributed by atoms with Gasteiger partial charge in [-0.2, -0.15) is 0 Å². The predicted octanol–water partition coefficient (Wildman–Crippen LogP) is 2.46. The van der Waals surface area contributed by atoms with Gasteiger partial charge in [0.25, 0.3) is 0 Å². The van der Waals surface area contributed by atoms with Gasteiger partial charge in [0, 0.05) is 24.0 Å². The Labute approximate surface area is 173 Å². The Bertz CT molecular complexity index is 1080. The molecule has 0 fully saturated rings. The summed E-state index contributed by atoms with van der Waals surface area (Å²) in [6.07, 6.45) is 2.59. The molecule has 0 spiro atoms. The molecule has 2 N–H and O–H groups in total. The average molecular weight is 433 g/mol. The first-order valence-corrected chi connectivity index (χ1v) is 11.6. The van der Waals surface area contributed by atoms with Crippen molar-refractivity contribution in [1.82, 2.24) is 19.7 Å². The van der Waals surface area contributed by atoms with Crippen LogP contribution < -0.4 is 10.0 Å². The van der Waals surface area contributed by atoms with Crippen LogP contribution >= 0.6 is 11.8 Å². The van der Waals surface area contributed by atoms with Crippen molar-refractivity contribution < 1.29 is 13.2 Å². The van der Waals surface area contributed by atoms with E-state index < -0.39 is 10.0 Å². The van der Waals surface area contributed by atoms with Crippen molar-refractivity contribution in [2.24, 2.45) is 0 Å². The van der Waals surface area contributed by atoms with E-state index >= 15 is 0 Å². The van der Waals surface area contributed by atoms with Crippen LogP contribution in [0.25, 0.3) is 11.4 Å². The van der Waals surface area contributed by atoms with Gasteiger partial charge in [-0.3, -0.25) is 9.52 Å². The number of hydrogen-bond acceptors (Lipinski definition) is 7. The Kier molecular flexibility index (Phi) is 6.49.